The minimum atomic E-state index is -0.946. The molecule has 0 aliphatic carbocycles. The van der Waals surface area contributed by atoms with Crippen LogP contribution in [0.3, 0.4) is 0 Å². The maximum absolute atomic E-state index is 13.6. The van der Waals surface area contributed by atoms with E-state index in [4.69, 9.17) is 0 Å². The fourth-order valence-corrected chi connectivity index (χ4v) is 3.21. The average molecular weight is 398 g/mol. The van der Waals surface area contributed by atoms with E-state index >= 15 is 0 Å². The van der Waals surface area contributed by atoms with Crippen LogP contribution in [0.1, 0.15) is 60.3 Å². The molecule has 3 rings (SSSR count). The fourth-order valence-electron chi connectivity index (χ4n) is 3.21. The van der Waals surface area contributed by atoms with Gasteiger partial charge in [-0.2, -0.15) is 0 Å². The van der Waals surface area contributed by atoms with Gasteiger partial charge in [-0.05, 0) is 49.1 Å². The van der Waals surface area contributed by atoms with Crippen molar-refractivity contribution in [1.29, 1.82) is 0 Å². The molecular formula is C22H24F2N4O. The number of hydrogen-bond acceptors (Lipinski definition) is 3. The highest BCUT2D eigenvalue weighted by atomic mass is 19.2. The summed E-state index contributed by atoms with van der Waals surface area (Å²) in [5.41, 5.74) is 2.46. The minimum Gasteiger partial charge on any atom is -0.332 e. The molecule has 1 amide bonds. The molecule has 0 radical (unpaired) electrons. The smallest absolute Gasteiger partial charge is 0.293 e. The molecule has 3 aromatic rings. The van der Waals surface area contributed by atoms with Gasteiger partial charge in [-0.25, -0.2) is 18.4 Å². The second-order valence-corrected chi connectivity index (χ2v) is 7.37. The Morgan fingerprint density at radius 1 is 1.07 bits per heavy atom. The molecule has 1 aromatic heterocycles. The first-order chi connectivity index (χ1) is 13.7. The SMILES string of the molecule is Cc1nc(C(=O)N(C)C(C)c2ccc(F)c(F)c2)nn1-c1ccccc1C(C)C. The highest BCUT2D eigenvalue weighted by Gasteiger charge is 2.25. The van der Waals surface area contributed by atoms with E-state index in [9.17, 15) is 13.6 Å². The predicted octanol–water partition coefficient (Wildman–Crippen LogP) is 4.81. The van der Waals surface area contributed by atoms with Crippen LogP contribution in [0.5, 0.6) is 0 Å². The summed E-state index contributed by atoms with van der Waals surface area (Å²) in [6, 6.07) is 11.0. The molecule has 0 spiro atoms. The number of carbonyl (C=O) groups excluding carboxylic acids is 1. The van der Waals surface area contributed by atoms with Crippen molar-refractivity contribution in [2.75, 3.05) is 7.05 Å². The zero-order valence-electron chi connectivity index (χ0n) is 17.1. The molecule has 0 fully saturated rings. The van der Waals surface area contributed by atoms with Crippen LogP contribution in [0.25, 0.3) is 5.69 Å². The largest absolute Gasteiger partial charge is 0.332 e. The number of aryl methyl sites for hydroxylation is 1. The topological polar surface area (TPSA) is 51.0 Å². The Bertz CT molecular complexity index is 1050. The van der Waals surface area contributed by atoms with Crippen LogP contribution in [0, 0.1) is 18.6 Å². The van der Waals surface area contributed by atoms with Crippen molar-refractivity contribution in [2.45, 2.75) is 39.7 Å². The summed E-state index contributed by atoms with van der Waals surface area (Å²) < 4.78 is 28.4. The molecule has 2 aromatic carbocycles. The summed E-state index contributed by atoms with van der Waals surface area (Å²) in [5, 5.41) is 4.43. The van der Waals surface area contributed by atoms with Gasteiger partial charge in [0.25, 0.3) is 5.91 Å². The van der Waals surface area contributed by atoms with Gasteiger partial charge in [0.05, 0.1) is 11.7 Å². The third kappa shape index (κ3) is 4.04. The average Bonchev–Trinajstić information content (AvgIpc) is 3.09. The van der Waals surface area contributed by atoms with Crippen LogP contribution in [0.4, 0.5) is 8.78 Å². The standard InChI is InChI=1S/C22H24F2N4O/c1-13(2)17-8-6-7-9-20(17)28-15(4)25-21(26-28)22(29)27(5)14(3)16-10-11-18(23)19(24)12-16/h6-14H,1-5H3. The van der Waals surface area contributed by atoms with Crippen molar-refractivity contribution < 1.29 is 13.6 Å². The molecule has 152 valence electrons. The van der Waals surface area contributed by atoms with Crippen LogP contribution in [0.15, 0.2) is 42.5 Å². The molecular weight excluding hydrogens is 374 g/mol. The quantitative estimate of drug-likeness (QED) is 0.620. The Morgan fingerprint density at radius 2 is 1.76 bits per heavy atom. The van der Waals surface area contributed by atoms with Crippen molar-refractivity contribution in [1.82, 2.24) is 19.7 Å². The number of halogens is 2. The van der Waals surface area contributed by atoms with E-state index in [2.05, 4.69) is 23.9 Å². The molecule has 0 saturated heterocycles. The second-order valence-electron chi connectivity index (χ2n) is 7.37. The van der Waals surface area contributed by atoms with E-state index in [0.717, 1.165) is 23.4 Å². The number of carbonyl (C=O) groups is 1. The first kappa shape index (κ1) is 20.6. The molecule has 1 atom stereocenters. The molecule has 5 nitrogen and oxygen atoms in total. The lowest BCUT2D eigenvalue weighted by Crippen LogP contribution is -2.30. The lowest BCUT2D eigenvalue weighted by molar-refractivity contribution is 0.0730. The van der Waals surface area contributed by atoms with Crippen LogP contribution < -0.4 is 0 Å². The molecule has 0 N–H and O–H groups in total. The zero-order valence-corrected chi connectivity index (χ0v) is 17.1. The predicted molar refractivity (Wildman–Crippen MR) is 107 cm³/mol. The molecule has 1 heterocycles. The molecule has 0 aliphatic rings. The van der Waals surface area contributed by atoms with Crippen molar-refractivity contribution in [3.63, 3.8) is 0 Å². The van der Waals surface area contributed by atoms with Gasteiger partial charge in [-0.3, -0.25) is 4.79 Å². The first-order valence-electron chi connectivity index (χ1n) is 9.45. The summed E-state index contributed by atoms with van der Waals surface area (Å²) in [6.07, 6.45) is 0. The normalized spacial score (nSPS) is 12.3. The van der Waals surface area contributed by atoms with Crippen LogP contribution in [-0.2, 0) is 0 Å². The maximum Gasteiger partial charge on any atom is 0.293 e. The minimum absolute atomic E-state index is 0.0537. The van der Waals surface area contributed by atoms with E-state index in [0.29, 0.717) is 11.4 Å². The van der Waals surface area contributed by atoms with Gasteiger partial charge in [0.2, 0.25) is 5.82 Å². The number of amides is 1. The summed E-state index contributed by atoms with van der Waals surface area (Å²) in [5.74, 6) is -1.34. The number of hydrogen-bond donors (Lipinski definition) is 0. The summed E-state index contributed by atoms with van der Waals surface area (Å²) in [7, 11) is 1.59. The van der Waals surface area contributed by atoms with Gasteiger partial charge in [0.1, 0.15) is 5.82 Å². The lowest BCUT2D eigenvalue weighted by Gasteiger charge is -2.24. The van der Waals surface area contributed by atoms with E-state index in [1.54, 1.807) is 25.6 Å². The van der Waals surface area contributed by atoms with Crippen molar-refractivity contribution in [2.24, 2.45) is 0 Å². The highest BCUT2D eigenvalue weighted by Crippen LogP contribution is 2.25. The number of rotatable bonds is 5. The third-order valence-electron chi connectivity index (χ3n) is 5.07. The van der Waals surface area contributed by atoms with Crippen molar-refractivity contribution >= 4 is 5.91 Å². The molecule has 0 aliphatic heterocycles. The van der Waals surface area contributed by atoms with Crippen molar-refractivity contribution in [3.05, 3.63) is 76.9 Å². The Balaban J connectivity index is 1.91. The van der Waals surface area contributed by atoms with Crippen LogP contribution in [-0.4, -0.2) is 32.6 Å². The van der Waals surface area contributed by atoms with Gasteiger partial charge in [0.15, 0.2) is 11.6 Å². The van der Waals surface area contributed by atoms with Crippen LogP contribution >= 0.6 is 0 Å². The molecule has 0 saturated carbocycles. The Hall–Kier alpha value is -3.09. The van der Waals surface area contributed by atoms with Gasteiger partial charge in [-0.15, -0.1) is 5.10 Å². The first-order valence-corrected chi connectivity index (χ1v) is 9.45. The Kier molecular flexibility index (Phi) is 5.77. The fraction of sp³-hybridized carbons (Fsp3) is 0.318. The lowest BCUT2D eigenvalue weighted by atomic mass is 10.0. The van der Waals surface area contributed by atoms with Gasteiger partial charge in [0, 0.05) is 7.05 Å². The van der Waals surface area contributed by atoms with Gasteiger partial charge >= 0.3 is 0 Å². The number of aromatic nitrogens is 3. The second kappa shape index (κ2) is 8.11. The monoisotopic (exact) mass is 398 g/mol. The van der Waals surface area contributed by atoms with E-state index in [1.165, 1.54) is 11.0 Å². The van der Waals surface area contributed by atoms with E-state index in [1.807, 2.05) is 24.3 Å². The molecule has 0 bridgehead atoms. The van der Waals surface area contributed by atoms with Gasteiger partial charge < -0.3 is 4.90 Å². The third-order valence-corrected chi connectivity index (χ3v) is 5.07. The Labute approximate surface area is 169 Å². The highest BCUT2D eigenvalue weighted by molar-refractivity contribution is 5.90. The molecule has 29 heavy (non-hydrogen) atoms. The number of nitrogens with zero attached hydrogens (tertiary/aromatic N) is 4. The molecule has 7 heteroatoms. The van der Waals surface area contributed by atoms with E-state index in [-0.39, 0.29) is 11.7 Å². The Morgan fingerprint density at radius 3 is 2.41 bits per heavy atom. The number of benzene rings is 2. The number of para-hydroxylation sites is 1. The van der Waals surface area contributed by atoms with Crippen LogP contribution in [0.2, 0.25) is 0 Å². The maximum atomic E-state index is 13.6. The molecule has 1 unspecified atom stereocenters. The summed E-state index contributed by atoms with van der Waals surface area (Å²) in [6.45, 7) is 7.71. The summed E-state index contributed by atoms with van der Waals surface area (Å²) in [4.78, 5) is 18.7. The van der Waals surface area contributed by atoms with E-state index < -0.39 is 23.6 Å². The van der Waals surface area contributed by atoms with Gasteiger partial charge in [-0.1, -0.05) is 38.1 Å². The summed E-state index contributed by atoms with van der Waals surface area (Å²) >= 11 is 0. The van der Waals surface area contributed by atoms with Crippen molar-refractivity contribution in [3.8, 4) is 5.69 Å². The zero-order chi connectivity index (χ0) is 21.3.